The molecule has 0 amide bonds. The highest BCUT2D eigenvalue weighted by molar-refractivity contribution is 5.43. The van der Waals surface area contributed by atoms with Gasteiger partial charge in [0.2, 0.25) is 0 Å². The predicted octanol–water partition coefficient (Wildman–Crippen LogP) is 3.03. The highest BCUT2D eigenvalue weighted by Crippen LogP contribution is 2.30. The molecule has 0 aliphatic heterocycles. The van der Waals surface area contributed by atoms with Gasteiger partial charge in [-0.15, -0.1) is 0 Å². The summed E-state index contributed by atoms with van der Waals surface area (Å²) in [6, 6.07) is 9.31. The van der Waals surface area contributed by atoms with E-state index in [1.54, 1.807) is 32.4 Å². The van der Waals surface area contributed by atoms with Crippen LogP contribution in [-0.4, -0.2) is 17.2 Å². The van der Waals surface area contributed by atoms with Crippen molar-refractivity contribution in [2.24, 2.45) is 0 Å². The van der Waals surface area contributed by atoms with Crippen molar-refractivity contribution in [2.75, 3.05) is 7.11 Å². The van der Waals surface area contributed by atoms with Gasteiger partial charge in [0.25, 0.3) is 0 Å². The average molecular weight is 273 g/mol. The number of nitrogens with zero attached hydrogens (tertiary/aromatic N) is 1. The Labute approximate surface area is 119 Å². The molecule has 0 unspecified atom stereocenters. The van der Waals surface area contributed by atoms with Crippen LogP contribution in [0, 0.1) is 6.92 Å². The lowest BCUT2D eigenvalue weighted by Crippen LogP contribution is -2.02. The molecule has 0 fully saturated rings. The van der Waals surface area contributed by atoms with E-state index in [0.717, 1.165) is 16.8 Å². The smallest absolute Gasteiger partial charge is 0.161 e. The maximum absolute atomic E-state index is 9.57. The van der Waals surface area contributed by atoms with Crippen LogP contribution in [-0.2, 0) is 6.61 Å². The summed E-state index contributed by atoms with van der Waals surface area (Å²) in [5, 5.41) is 9.57. The van der Waals surface area contributed by atoms with E-state index in [4.69, 9.17) is 9.47 Å². The number of ether oxygens (including phenoxy) is 2. The maximum atomic E-state index is 9.57. The molecule has 0 spiro atoms. The third-order valence-electron chi connectivity index (χ3n) is 3.15. The van der Waals surface area contributed by atoms with Gasteiger partial charge in [-0.1, -0.05) is 12.1 Å². The molecule has 0 aliphatic rings. The van der Waals surface area contributed by atoms with E-state index in [1.807, 2.05) is 25.1 Å². The molecular formula is C16H19NO3. The van der Waals surface area contributed by atoms with Crippen LogP contribution in [0.25, 0.3) is 0 Å². The van der Waals surface area contributed by atoms with Crippen LogP contribution < -0.4 is 9.47 Å². The first-order valence-corrected chi connectivity index (χ1v) is 6.51. The topological polar surface area (TPSA) is 51.6 Å². The quantitative estimate of drug-likeness (QED) is 0.909. The van der Waals surface area contributed by atoms with Gasteiger partial charge in [-0.05, 0) is 43.2 Å². The molecular weight excluding hydrogens is 254 g/mol. The number of aliphatic hydroxyl groups excluding tert-OH is 1. The molecule has 2 rings (SSSR count). The second kappa shape index (κ2) is 6.39. The van der Waals surface area contributed by atoms with Crippen LogP contribution in [0.5, 0.6) is 11.5 Å². The lowest BCUT2D eigenvalue weighted by Gasteiger charge is -2.13. The van der Waals surface area contributed by atoms with Crippen LogP contribution in [0.15, 0.2) is 36.5 Å². The number of rotatable bonds is 5. The number of aliphatic hydroxyl groups is 1. The maximum Gasteiger partial charge on any atom is 0.161 e. The molecule has 2 aromatic rings. The van der Waals surface area contributed by atoms with Gasteiger partial charge >= 0.3 is 0 Å². The lowest BCUT2D eigenvalue weighted by atomic mass is 10.1. The van der Waals surface area contributed by atoms with Crippen molar-refractivity contribution in [3.8, 4) is 11.5 Å². The molecule has 1 aromatic carbocycles. The fourth-order valence-corrected chi connectivity index (χ4v) is 1.88. The van der Waals surface area contributed by atoms with Gasteiger partial charge in [-0.25, -0.2) is 0 Å². The Morgan fingerprint density at radius 2 is 2.05 bits per heavy atom. The average Bonchev–Trinajstić information content (AvgIpc) is 2.46. The highest BCUT2D eigenvalue weighted by atomic mass is 16.5. The third kappa shape index (κ3) is 3.27. The van der Waals surface area contributed by atoms with Crippen LogP contribution in [0.1, 0.15) is 29.8 Å². The largest absolute Gasteiger partial charge is 0.493 e. The highest BCUT2D eigenvalue weighted by Gasteiger charge is 2.09. The Morgan fingerprint density at radius 1 is 1.25 bits per heavy atom. The zero-order chi connectivity index (χ0) is 14.5. The summed E-state index contributed by atoms with van der Waals surface area (Å²) in [6.45, 7) is 4.10. The minimum atomic E-state index is -0.531. The lowest BCUT2D eigenvalue weighted by molar-refractivity contribution is 0.198. The SMILES string of the molecule is COc1cc([C@H](C)O)ccc1OCc1ncccc1C. The summed E-state index contributed by atoms with van der Waals surface area (Å²) < 4.78 is 11.1. The minimum absolute atomic E-state index is 0.386. The Kier molecular flexibility index (Phi) is 4.58. The van der Waals surface area contributed by atoms with Crippen LogP contribution in [0.3, 0.4) is 0 Å². The molecule has 1 N–H and O–H groups in total. The standard InChI is InChI=1S/C16H19NO3/c1-11-5-4-8-17-14(11)10-20-15-7-6-13(12(2)18)9-16(15)19-3/h4-9,12,18H,10H2,1-3H3/t12-/m0/s1. The summed E-state index contributed by atoms with van der Waals surface area (Å²) in [6.07, 6.45) is 1.22. The van der Waals surface area contributed by atoms with E-state index in [-0.39, 0.29) is 0 Å². The monoisotopic (exact) mass is 273 g/mol. The molecule has 0 radical (unpaired) electrons. The van der Waals surface area contributed by atoms with Crippen molar-refractivity contribution >= 4 is 0 Å². The van der Waals surface area contributed by atoms with Crippen LogP contribution in [0.4, 0.5) is 0 Å². The molecule has 1 atom stereocenters. The first kappa shape index (κ1) is 14.3. The van der Waals surface area contributed by atoms with Gasteiger partial charge in [-0.2, -0.15) is 0 Å². The van der Waals surface area contributed by atoms with E-state index in [9.17, 15) is 5.11 Å². The molecule has 4 heteroatoms. The number of aromatic nitrogens is 1. The molecule has 1 heterocycles. The molecule has 1 aromatic heterocycles. The Hall–Kier alpha value is -2.07. The van der Waals surface area contributed by atoms with Gasteiger partial charge in [-0.3, -0.25) is 4.98 Å². The van der Waals surface area contributed by atoms with Crippen molar-refractivity contribution < 1.29 is 14.6 Å². The molecule has 0 saturated carbocycles. The van der Waals surface area contributed by atoms with Gasteiger partial charge in [0.05, 0.1) is 18.9 Å². The summed E-state index contributed by atoms with van der Waals surface area (Å²) in [5.74, 6) is 1.25. The number of pyridine rings is 1. The Bertz CT molecular complexity index is 582. The van der Waals surface area contributed by atoms with E-state index < -0.39 is 6.10 Å². The fraction of sp³-hybridized carbons (Fsp3) is 0.312. The Morgan fingerprint density at radius 3 is 2.70 bits per heavy atom. The molecule has 20 heavy (non-hydrogen) atoms. The minimum Gasteiger partial charge on any atom is -0.493 e. The summed E-state index contributed by atoms with van der Waals surface area (Å²) >= 11 is 0. The van der Waals surface area contributed by atoms with E-state index in [2.05, 4.69) is 4.98 Å². The predicted molar refractivity (Wildman–Crippen MR) is 76.9 cm³/mol. The van der Waals surface area contributed by atoms with Crippen molar-refractivity contribution in [1.82, 2.24) is 4.98 Å². The fourth-order valence-electron chi connectivity index (χ4n) is 1.88. The van der Waals surface area contributed by atoms with Crippen LogP contribution in [0.2, 0.25) is 0 Å². The van der Waals surface area contributed by atoms with Gasteiger partial charge in [0, 0.05) is 6.20 Å². The first-order chi connectivity index (χ1) is 9.61. The Balaban J connectivity index is 2.15. The molecule has 0 bridgehead atoms. The number of hydrogen-bond donors (Lipinski definition) is 1. The van der Waals surface area contributed by atoms with Crippen molar-refractivity contribution in [3.05, 3.63) is 53.3 Å². The number of benzene rings is 1. The summed E-state index contributed by atoms with van der Waals surface area (Å²) in [5.41, 5.74) is 2.78. The number of methoxy groups -OCH3 is 1. The van der Waals surface area contributed by atoms with Crippen molar-refractivity contribution in [2.45, 2.75) is 26.6 Å². The second-order valence-corrected chi connectivity index (χ2v) is 4.64. The van der Waals surface area contributed by atoms with E-state index in [0.29, 0.717) is 18.1 Å². The van der Waals surface area contributed by atoms with E-state index >= 15 is 0 Å². The molecule has 0 saturated heterocycles. The van der Waals surface area contributed by atoms with E-state index in [1.165, 1.54) is 0 Å². The normalized spacial score (nSPS) is 12.0. The second-order valence-electron chi connectivity index (χ2n) is 4.64. The van der Waals surface area contributed by atoms with Crippen molar-refractivity contribution in [1.29, 1.82) is 0 Å². The first-order valence-electron chi connectivity index (χ1n) is 6.51. The molecule has 0 aliphatic carbocycles. The molecule has 106 valence electrons. The summed E-state index contributed by atoms with van der Waals surface area (Å²) in [7, 11) is 1.58. The zero-order valence-corrected chi connectivity index (χ0v) is 12.0. The zero-order valence-electron chi connectivity index (χ0n) is 12.0. The van der Waals surface area contributed by atoms with Gasteiger partial charge < -0.3 is 14.6 Å². The van der Waals surface area contributed by atoms with Gasteiger partial charge in [0.15, 0.2) is 11.5 Å². The van der Waals surface area contributed by atoms with Crippen LogP contribution >= 0.6 is 0 Å². The molecule has 4 nitrogen and oxygen atoms in total. The number of aryl methyl sites for hydroxylation is 1. The van der Waals surface area contributed by atoms with Crippen molar-refractivity contribution in [3.63, 3.8) is 0 Å². The number of hydrogen-bond acceptors (Lipinski definition) is 4. The third-order valence-corrected chi connectivity index (χ3v) is 3.15. The van der Waals surface area contributed by atoms with Gasteiger partial charge in [0.1, 0.15) is 6.61 Å². The summed E-state index contributed by atoms with van der Waals surface area (Å²) in [4.78, 5) is 4.29.